The average molecular weight is 263 g/mol. The highest BCUT2D eigenvalue weighted by Crippen LogP contribution is 2.16. The minimum absolute atomic E-state index is 0.0345. The number of likely N-dealkylation sites (N-methyl/N-ethyl adjacent to an activating group) is 1. The van der Waals surface area contributed by atoms with Gasteiger partial charge in [0.2, 0.25) is 5.91 Å². The van der Waals surface area contributed by atoms with Gasteiger partial charge in [0.25, 0.3) is 0 Å². The fraction of sp³-hybridized carbons (Fsp3) is 0.615. The lowest BCUT2D eigenvalue weighted by atomic mass is 10.1. The number of nitrogens with zero attached hydrogens (tertiary/aromatic N) is 4. The first-order chi connectivity index (χ1) is 9.10. The van der Waals surface area contributed by atoms with Gasteiger partial charge in [-0.3, -0.25) is 4.79 Å². The van der Waals surface area contributed by atoms with E-state index in [0.717, 1.165) is 31.1 Å². The molecule has 1 aromatic rings. The number of carbonyl (C=O) groups excluding carboxylic acids is 1. The number of aryl methyl sites for hydroxylation is 1. The summed E-state index contributed by atoms with van der Waals surface area (Å²) in [6.45, 7) is 5.23. The predicted octanol–water partition coefficient (Wildman–Crippen LogP) is -0.101. The summed E-state index contributed by atoms with van der Waals surface area (Å²) in [4.78, 5) is 24.7. The van der Waals surface area contributed by atoms with E-state index in [-0.39, 0.29) is 11.8 Å². The van der Waals surface area contributed by atoms with Crippen LogP contribution in [0, 0.1) is 12.8 Å². The summed E-state index contributed by atoms with van der Waals surface area (Å²) in [7, 11) is 3.73. The number of carbonyl (C=O) groups is 1. The Morgan fingerprint density at radius 3 is 2.84 bits per heavy atom. The lowest BCUT2D eigenvalue weighted by molar-refractivity contribution is -0.124. The van der Waals surface area contributed by atoms with Gasteiger partial charge < -0.3 is 15.1 Å². The van der Waals surface area contributed by atoms with E-state index in [1.54, 1.807) is 13.4 Å². The minimum atomic E-state index is -0.0345. The van der Waals surface area contributed by atoms with Crippen LogP contribution in [0.2, 0.25) is 0 Å². The molecule has 104 valence electrons. The van der Waals surface area contributed by atoms with E-state index in [9.17, 15) is 4.79 Å². The van der Waals surface area contributed by atoms with Gasteiger partial charge in [-0.2, -0.15) is 0 Å². The second kappa shape index (κ2) is 5.97. The summed E-state index contributed by atoms with van der Waals surface area (Å²) in [5.41, 5.74) is 0.944. The molecule has 0 saturated carbocycles. The summed E-state index contributed by atoms with van der Waals surface area (Å²) in [5.74, 6) is 0.953. The first-order valence-corrected chi connectivity index (χ1v) is 6.54. The molecule has 1 aliphatic heterocycles. The van der Waals surface area contributed by atoms with Gasteiger partial charge in [-0.15, -0.1) is 0 Å². The molecule has 0 aromatic carbocycles. The van der Waals surface area contributed by atoms with Crippen LogP contribution in [-0.2, 0) is 4.79 Å². The van der Waals surface area contributed by atoms with Crippen molar-refractivity contribution >= 4 is 11.7 Å². The van der Waals surface area contributed by atoms with Gasteiger partial charge in [-0.25, -0.2) is 9.97 Å². The molecule has 0 spiro atoms. The second-order valence-electron chi connectivity index (χ2n) is 5.04. The summed E-state index contributed by atoms with van der Waals surface area (Å²) < 4.78 is 0. The third-order valence-corrected chi connectivity index (χ3v) is 3.46. The Morgan fingerprint density at radius 2 is 2.16 bits per heavy atom. The van der Waals surface area contributed by atoms with E-state index in [1.807, 2.05) is 20.0 Å². The summed E-state index contributed by atoms with van der Waals surface area (Å²) in [6.07, 6.45) is 1.58. The molecule has 2 rings (SSSR count). The van der Waals surface area contributed by atoms with E-state index in [4.69, 9.17) is 0 Å². The molecule has 0 aliphatic carbocycles. The van der Waals surface area contributed by atoms with Crippen molar-refractivity contribution in [3.8, 4) is 0 Å². The molecule has 1 N–H and O–H groups in total. The zero-order chi connectivity index (χ0) is 13.8. The molecular formula is C13H21N5O. The van der Waals surface area contributed by atoms with Gasteiger partial charge in [0.15, 0.2) is 0 Å². The third-order valence-electron chi connectivity index (χ3n) is 3.46. The Morgan fingerprint density at radius 1 is 1.37 bits per heavy atom. The Kier molecular flexibility index (Phi) is 4.31. The van der Waals surface area contributed by atoms with Crippen molar-refractivity contribution in [3.63, 3.8) is 0 Å². The van der Waals surface area contributed by atoms with Crippen LogP contribution in [0.1, 0.15) is 5.69 Å². The summed E-state index contributed by atoms with van der Waals surface area (Å²) in [5, 5.41) is 2.74. The molecule has 1 amide bonds. The monoisotopic (exact) mass is 263 g/mol. The van der Waals surface area contributed by atoms with Crippen molar-refractivity contribution in [1.29, 1.82) is 0 Å². The van der Waals surface area contributed by atoms with E-state index in [2.05, 4.69) is 25.1 Å². The van der Waals surface area contributed by atoms with Crippen molar-refractivity contribution < 1.29 is 4.79 Å². The average Bonchev–Trinajstić information content (AvgIpc) is 2.60. The van der Waals surface area contributed by atoms with Crippen LogP contribution in [0.25, 0.3) is 0 Å². The van der Waals surface area contributed by atoms with Gasteiger partial charge in [-0.05, 0) is 14.0 Å². The number of rotatable bonds is 2. The molecule has 2 heterocycles. The number of nitrogens with one attached hydrogen (secondary N) is 1. The maximum atomic E-state index is 11.9. The maximum Gasteiger partial charge on any atom is 0.225 e. The van der Waals surface area contributed by atoms with Gasteiger partial charge in [-0.1, -0.05) is 0 Å². The van der Waals surface area contributed by atoms with Gasteiger partial charge in [0.05, 0.1) is 5.92 Å². The van der Waals surface area contributed by atoms with Gasteiger partial charge in [0.1, 0.15) is 12.1 Å². The standard InChI is InChI=1S/C13H21N5O/c1-10-6-12(16-9-15-10)18-5-4-17(3)7-11(8-18)13(19)14-2/h6,9,11H,4-5,7-8H2,1-3H3,(H,14,19)/t11-/m1/s1. The van der Waals surface area contributed by atoms with Gasteiger partial charge in [0, 0.05) is 45.0 Å². The first kappa shape index (κ1) is 13.7. The van der Waals surface area contributed by atoms with Crippen molar-refractivity contribution in [1.82, 2.24) is 20.2 Å². The van der Waals surface area contributed by atoms with Crippen molar-refractivity contribution in [2.45, 2.75) is 6.92 Å². The quantitative estimate of drug-likeness (QED) is 0.807. The smallest absolute Gasteiger partial charge is 0.225 e. The van der Waals surface area contributed by atoms with Crippen LogP contribution < -0.4 is 10.2 Å². The number of aromatic nitrogens is 2. The van der Waals surface area contributed by atoms with E-state index < -0.39 is 0 Å². The van der Waals surface area contributed by atoms with Crippen LogP contribution >= 0.6 is 0 Å². The number of amides is 1. The Bertz CT molecular complexity index is 450. The topological polar surface area (TPSA) is 61.4 Å². The molecule has 1 atom stereocenters. The fourth-order valence-corrected chi connectivity index (χ4v) is 2.37. The zero-order valence-electron chi connectivity index (χ0n) is 11.8. The summed E-state index contributed by atoms with van der Waals surface area (Å²) in [6, 6.07) is 1.96. The zero-order valence-corrected chi connectivity index (χ0v) is 11.8. The van der Waals surface area contributed by atoms with E-state index in [1.165, 1.54) is 0 Å². The van der Waals surface area contributed by atoms with Crippen molar-refractivity contribution in [3.05, 3.63) is 18.1 Å². The highest BCUT2D eigenvalue weighted by molar-refractivity contribution is 5.79. The highest BCUT2D eigenvalue weighted by atomic mass is 16.1. The second-order valence-corrected chi connectivity index (χ2v) is 5.04. The lowest BCUT2D eigenvalue weighted by Crippen LogP contribution is -2.39. The first-order valence-electron chi connectivity index (χ1n) is 6.54. The number of anilines is 1. The molecule has 1 saturated heterocycles. The Balaban J connectivity index is 2.18. The maximum absolute atomic E-state index is 11.9. The SMILES string of the molecule is CNC(=O)[C@@H]1CN(C)CCN(c2cc(C)ncn2)C1. The molecule has 0 unspecified atom stereocenters. The molecule has 0 bridgehead atoms. The van der Waals surface area contributed by atoms with Crippen LogP contribution in [0.3, 0.4) is 0 Å². The van der Waals surface area contributed by atoms with Crippen LogP contribution in [-0.4, -0.2) is 61.0 Å². The van der Waals surface area contributed by atoms with Gasteiger partial charge >= 0.3 is 0 Å². The molecular weight excluding hydrogens is 242 g/mol. The van der Waals surface area contributed by atoms with E-state index >= 15 is 0 Å². The molecule has 19 heavy (non-hydrogen) atoms. The molecule has 6 nitrogen and oxygen atoms in total. The fourth-order valence-electron chi connectivity index (χ4n) is 2.37. The largest absolute Gasteiger partial charge is 0.359 e. The van der Waals surface area contributed by atoms with Crippen molar-refractivity contribution in [2.24, 2.45) is 5.92 Å². The number of hydrogen-bond donors (Lipinski definition) is 1. The Hall–Kier alpha value is -1.69. The molecule has 6 heteroatoms. The third kappa shape index (κ3) is 3.41. The molecule has 0 radical (unpaired) electrons. The molecule has 1 aliphatic rings. The lowest BCUT2D eigenvalue weighted by Gasteiger charge is -2.24. The Labute approximate surface area is 113 Å². The minimum Gasteiger partial charge on any atom is -0.359 e. The van der Waals surface area contributed by atoms with E-state index in [0.29, 0.717) is 6.54 Å². The normalized spacial score (nSPS) is 21.0. The number of hydrogen-bond acceptors (Lipinski definition) is 5. The molecule has 1 fully saturated rings. The van der Waals surface area contributed by atoms with Crippen LogP contribution in [0.15, 0.2) is 12.4 Å². The predicted molar refractivity (Wildman–Crippen MR) is 74.0 cm³/mol. The molecule has 1 aromatic heterocycles. The summed E-state index contributed by atoms with van der Waals surface area (Å²) >= 11 is 0. The van der Waals surface area contributed by atoms with Crippen molar-refractivity contribution in [2.75, 3.05) is 45.2 Å². The van der Waals surface area contributed by atoms with Crippen LogP contribution in [0.5, 0.6) is 0 Å². The highest BCUT2D eigenvalue weighted by Gasteiger charge is 2.26. The van der Waals surface area contributed by atoms with Crippen LogP contribution in [0.4, 0.5) is 5.82 Å².